The third-order valence-corrected chi connectivity index (χ3v) is 1.57. The van der Waals surface area contributed by atoms with Crippen molar-refractivity contribution in [1.82, 2.24) is 9.55 Å². The highest BCUT2D eigenvalue weighted by Crippen LogP contribution is 2.07. The molecule has 1 N–H and O–H groups in total. The van der Waals surface area contributed by atoms with E-state index >= 15 is 0 Å². The molecule has 1 aromatic rings. The van der Waals surface area contributed by atoms with Gasteiger partial charge in [0.2, 0.25) is 5.82 Å². The van der Waals surface area contributed by atoms with E-state index in [2.05, 4.69) is 4.98 Å². The lowest BCUT2D eigenvalue weighted by Crippen LogP contribution is -2.06. The molecular formula is C7H7N3O2. The highest BCUT2D eigenvalue weighted by atomic mass is 16.4. The van der Waals surface area contributed by atoms with Crippen LogP contribution < -0.4 is 0 Å². The number of aromatic nitrogens is 2. The number of hydrogen-bond acceptors (Lipinski definition) is 3. The Kier molecular flexibility index (Phi) is 1.83. The maximum absolute atomic E-state index is 10.6. The van der Waals surface area contributed by atoms with Crippen molar-refractivity contribution in [3.8, 4) is 6.07 Å². The summed E-state index contributed by atoms with van der Waals surface area (Å²) in [7, 11) is 1.50. The van der Waals surface area contributed by atoms with Crippen molar-refractivity contribution in [3.63, 3.8) is 0 Å². The SMILES string of the molecule is Cc1nc(C#N)n(C)c1C(=O)O. The fraction of sp³-hybridized carbons (Fsp3) is 0.286. The number of hydrogen-bond donors (Lipinski definition) is 1. The highest BCUT2D eigenvalue weighted by Gasteiger charge is 2.16. The van der Waals surface area contributed by atoms with Gasteiger partial charge in [-0.1, -0.05) is 0 Å². The van der Waals surface area contributed by atoms with Gasteiger partial charge in [-0.2, -0.15) is 5.26 Å². The predicted molar refractivity (Wildman–Crippen MR) is 39.6 cm³/mol. The molecule has 0 saturated carbocycles. The molecule has 0 aromatic carbocycles. The van der Waals surface area contributed by atoms with Gasteiger partial charge in [-0.3, -0.25) is 0 Å². The molecule has 0 bridgehead atoms. The van der Waals surface area contributed by atoms with Gasteiger partial charge < -0.3 is 9.67 Å². The maximum Gasteiger partial charge on any atom is 0.354 e. The lowest BCUT2D eigenvalue weighted by Gasteiger charge is -1.95. The van der Waals surface area contributed by atoms with E-state index in [4.69, 9.17) is 10.4 Å². The summed E-state index contributed by atoms with van der Waals surface area (Å²) in [4.78, 5) is 14.4. The molecule has 1 aromatic heterocycles. The van der Waals surface area contributed by atoms with Crippen LogP contribution in [0.15, 0.2) is 0 Å². The minimum absolute atomic E-state index is 0.0616. The molecule has 0 spiro atoms. The van der Waals surface area contributed by atoms with E-state index in [0.29, 0.717) is 5.69 Å². The minimum atomic E-state index is -1.07. The van der Waals surface area contributed by atoms with Crippen LogP contribution in [0.2, 0.25) is 0 Å². The summed E-state index contributed by atoms with van der Waals surface area (Å²) in [5.74, 6) is -0.950. The number of aromatic carboxylic acids is 1. The summed E-state index contributed by atoms with van der Waals surface area (Å²) in [5, 5.41) is 17.2. The van der Waals surface area contributed by atoms with Crippen molar-refractivity contribution in [2.24, 2.45) is 7.05 Å². The van der Waals surface area contributed by atoms with Crippen molar-refractivity contribution in [2.45, 2.75) is 6.92 Å². The molecule has 0 aliphatic rings. The molecule has 0 unspecified atom stereocenters. The first-order chi connectivity index (χ1) is 5.57. The quantitative estimate of drug-likeness (QED) is 0.649. The number of imidazole rings is 1. The number of carboxylic acids is 1. The Balaban J connectivity index is 3.40. The van der Waals surface area contributed by atoms with E-state index in [-0.39, 0.29) is 11.5 Å². The summed E-state index contributed by atoms with van der Waals surface area (Å²) >= 11 is 0. The van der Waals surface area contributed by atoms with Crippen molar-refractivity contribution >= 4 is 5.97 Å². The average molecular weight is 165 g/mol. The monoisotopic (exact) mass is 165 g/mol. The Morgan fingerprint density at radius 3 is 2.58 bits per heavy atom. The van der Waals surface area contributed by atoms with Gasteiger partial charge in [-0.15, -0.1) is 0 Å². The van der Waals surface area contributed by atoms with Gasteiger partial charge in [0.05, 0.1) is 5.69 Å². The zero-order valence-corrected chi connectivity index (χ0v) is 6.70. The van der Waals surface area contributed by atoms with E-state index in [1.165, 1.54) is 11.6 Å². The second-order valence-corrected chi connectivity index (χ2v) is 2.35. The molecule has 0 aliphatic heterocycles. The summed E-state index contributed by atoms with van der Waals surface area (Å²) in [6.45, 7) is 1.56. The number of nitrogens with zero attached hydrogens (tertiary/aromatic N) is 3. The standard InChI is InChI=1S/C7H7N3O2/c1-4-6(7(11)12)10(2)5(3-8)9-4/h1-2H3,(H,11,12). The molecule has 1 rings (SSSR count). The molecule has 0 amide bonds. The summed E-state index contributed by atoms with van der Waals surface area (Å²) in [6, 6.07) is 1.80. The van der Waals surface area contributed by atoms with Crippen LogP contribution in [-0.2, 0) is 7.05 Å². The number of nitriles is 1. The van der Waals surface area contributed by atoms with Crippen molar-refractivity contribution in [2.75, 3.05) is 0 Å². The van der Waals surface area contributed by atoms with E-state index in [0.717, 1.165) is 0 Å². The molecule has 5 nitrogen and oxygen atoms in total. The minimum Gasteiger partial charge on any atom is -0.477 e. The fourth-order valence-corrected chi connectivity index (χ4v) is 1.03. The molecule has 62 valence electrons. The van der Waals surface area contributed by atoms with E-state index in [1.807, 2.05) is 0 Å². The van der Waals surface area contributed by atoms with Crippen LogP contribution in [-0.4, -0.2) is 20.6 Å². The molecule has 1 heterocycles. The van der Waals surface area contributed by atoms with Gasteiger partial charge >= 0.3 is 5.97 Å². The predicted octanol–water partition coefficient (Wildman–Crippen LogP) is 0.298. The van der Waals surface area contributed by atoms with Crippen LogP contribution in [0.4, 0.5) is 0 Å². The second-order valence-electron chi connectivity index (χ2n) is 2.35. The smallest absolute Gasteiger partial charge is 0.354 e. The molecule has 5 heteroatoms. The van der Waals surface area contributed by atoms with Gasteiger partial charge in [0.25, 0.3) is 0 Å². The van der Waals surface area contributed by atoms with Crippen LogP contribution in [0, 0.1) is 18.3 Å². The highest BCUT2D eigenvalue weighted by molar-refractivity contribution is 5.87. The zero-order chi connectivity index (χ0) is 9.30. The van der Waals surface area contributed by atoms with Crippen LogP contribution >= 0.6 is 0 Å². The number of carbonyl (C=O) groups is 1. The summed E-state index contributed by atoms with van der Waals surface area (Å²) in [6.07, 6.45) is 0. The normalized spacial score (nSPS) is 9.42. The third kappa shape index (κ3) is 1.03. The molecule has 0 atom stereocenters. The Morgan fingerprint density at radius 1 is 1.75 bits per heavy atom. The maximum atomic E-state index is 10.6. The van der Waals surface area contributed by atoms with Crippen LogP contribution in [0.25, 0.3) is 0 Å². The largest absolute Gasteiger partial charge is 0.477 e. The molecular weight excluding hydrogens is 158 g/mol. The Morgan fingerprint density at radius 2 is 2.33 bits per heavy atom. The van der Waals surface area contributed by atoms with E-state index in [9.17, 15) is 4.79 Å². The topological polar surface area (TPSA) is 78.9 Å². The Hall–Kier alpha value is -1.83. The van der Waals surface area contributed by atoms with Crippen molar-refractivity contribution in [1.29, 1.82) is 5.26 Å². The number of rotatable bonds is 1. The Labute approximate surface area is 68.9 Å². The average Bonchev–Trinajstić information content (AvgIpc) is 2.25. The molecule has 0 aliphatic carbocycles. The van der Waals surface area contributed by atoms with Crippen LogP contribution in [0.3, 0.4) is 0 Å². The molecule has 0 fully saturated rings. The number of aryl methyl sites for hydroxylation is 1. The van der Waals surface area contributed by atoms with Crippen molar-refractivity contribution in [3.05, 3.63) is 17.2 Å². The third-order valence-electron chi connectivity index (χ3n) is 1.57. The van der Waals surface area contributed by atoms with Crippen molar-refractivity contribution < 1.29 is 9.90 Å². The Bertz CT molecular complexity index is 373. The fourth-order valence-electron chi connectivity index (χ4n) is 1.03. The first kappa shape index (κ1) is 8.27. The van der Waals surface area contributed by atoms with Gasteiger partial charge in [0, 0.05) is 7.05 Å². The first-order valence-corrected chi connectivity index (χ1v) is 3.24. The second kappa shape index (κ2) is 2.66. The lowest BCUT2D eigenvalue weighted by molar-refractivity contribution is 0.0685. The van der Waals surface area contributed by atoms with Crippen LogP contribution in [0.1, 0.15) is 22.0 Å². The molecule has 12 heavy (non-hydrogen) atoms. The lowest BCUT2D eigenvalue weighted by atomic mass is 10.3. The van der Waals surface area contributed by atoms with Crippen LogP contribution in [0.5, 0.6) is 0 Å². The van der Waals surface area contributed by atoms with Gasteiger partial charge in [-0.25, -0.2) is 9.78 Å². The van der Waals surface area contributed by atoms with E-state index in [1.54, 1.807) is 13.0 Å². The summed E-state index contributed by atoms with van der Waals surface area (Å²) < 4.78 is 1.26. The molecule has 0 radical (unpaired) electrons. The molecule has 0 saturated heterocycles. The number of carboxylic acid groups (broad SMARTS) is 1. The van der Waals surface area contributed by atoms with Gasteiger partial charge in [0.15, 0.2) is 5.69 Å². The van der Waals surface area contributed by atoms with Gasteiger partial charge in [-0.05, 0) is 6.92 Å². The zero-order valence-electron chi connectivity index (χ0n) is 6.70. The first-order valence-electron chi connectivity index (χ1n) is 3.24. The summed E-state index contributed by atoms with van der Waals surface area (Å²) in [5.41, 5.74) is 0.424. The van der Waals surface area contributed by atoms with Gasteiger partial charge in [0.1, 0.15) is 6.07 Å². The van der Waals surface area contributed by atoms with E-state index < -0.39 is 5.97 Å².